The highest BCUT2D eigenvalue weighted by atomic mass is 19.4. The van der Waals surface area contributed by atoms with E-state index in [1.165, 1.54) is 11.6 Å². The number of anilines is 1. The quantitative estimate of drug-likeness (QED) is 0.914. The minimum absolute atomic E-state index is 0.0163. The third-order valence-corrected chi connectivity index (χ3v) is 4.39. The van der Waals surface area contributed by atoms with Crippen molar-refractivity contribution in [3.05, 3.63) is 64.7 Å². The topological polar surface area (TPSA) is 53.0 Å². The highest BCUT2D eigenvalue weighted by Crippen LogP contribution is 2.37. The first-order chi connectivity index (χ1) is 11.5. The van der Waals surface area contributed by atoms with Crippen LogP contribution in [0.15, 0.2) is 42.5 Å². The third-order valence-electron chi connectivity index (χ3n) is 4.39. The lowest BCUT2D eigenvalue weighted by Crippen LogP contribution is -2.39. The molecule has 0 saturated heterocycles. The van der Waals surface area contributed by atoms with Gasteiger partial charge in [-0.3, -0.25) is 0 Å². The predicted molar refractivity (Wildman–Crippen MR) is 85.4 cm³/mol. The fraction of sp³-hybridized carbons (Fsp3) is 0.278. The number of hydrogen-bond donors (Lipinski definition) is 1. The van der Waals surface area contributed by atoms with Crippen LogP contribution in [0.3, 0.4) is 0 Å². The molecule has 1 atom stereocenters. The molecule has 0 aliphatic carbocycles. The van der Waals surface area contributed by atoms with E-state index in [4.69, 9.17) is 5.73 Å². The maximum absolute atomic E-state index is 12.9. The smallest absolute Gasteiger partial charge is 0.362 e. The van der Waals surface area contributed by atoms with Crippen molar-refractivity contribution in [1.82, 2.24) is 0 Å². The maximum Gasteiger partial charge on any atom is 0.416 e. The largest absolute Gasteiger partial charge is 0.416 e. The van der Waals surface area contributed by atoms with Crippen LogP contribution in [-0.4, -0.2) is 13.1 Å². The number of benzene rings is 2. The molecular weight excluding hydrogens is 315 g/mol. The molecular formula is C18H16F3N3. The average Bonchev–Trinajstić information content (AvgIpc) is 2.59. The number of alkyl halides is 3. The molecule has 1 unspecified atom stereocenters. The molecule has 1 heterocycles. The Morgan fingerprint density at radius 1 is 1.21 bits per heavy atom. The molecule has 0 spiro atoms. The number of fused-ring (bicyclic) bond motifs is 1. The van der Waals surface area contributed by atoms with Crippen molar-refractivity contribution in [3.63, 3.8) is 0 Å². The van der Waals surface area contributed by atoms with Crippen molar-refractivity contribution < 1.29 is 13.2 Å². The van der Waals surface area contributed by atoms with Crippen LogP contribution in [0.4, 0.5) is 18.9 Å². The van der Waals surface area contributed by atoms with E-state index in [-0.39, 0.29) is 11.6 Å². The fourth-order valence-electron chi connectivity index (χ4n) is 3.25. The van der Waals surface area contributed by atoms with E-state index >= 15 is 0 Å². The molecule has 2 aromatic rings. The van der Waals surface area contributed by atoms with Gasteiger partial charge in [-0.1, -0.05) is 24.3 Å². The first-order valence-corrected chi connectivity index (χ1v) is 7.61. The van der Waals surface area contributed by atoms with Gasteiger partial charge >= 0.3 is 6.18 Å². The van der Waals surface area contributed by atoms with E-state index in [0.29, 0.717) is 18.8 Å². The third kappa shape index (κ3) is 2.83. The Morgan fingerprint density at radius 2 is 1.96 bits per heavy atom. The molecule has 24 heavy (non-hydrogen) atoms. The van der Waals surface area contributed by atoms with Gasteiger partial charge in [-0.05, 0) is 35.7 Å². The Bertz CT molecular complexity index is 793. The van der Waals surface area contributed by atoms with Gasteiger partial charge in [0.05, 0.1) is 22.9 Å². The molecule has 0 bridgehead atoms. The van der Waals surface area contributed by atoms with E-state index in [0.717, 1.165) is 24.1 Å². The number of nitriles is 1. The first-order valence-electron chi connectivity index (χ1n) is 7.61. The van der Waals surface area contributed by atoms with Crippen molar-refractivity contribution in [2.45, 2.75) is 18.6 Å². The van der Waals surface area contributed by atoms with E-state index in [1.54, 1.807) is 0 Å². The molecule has 0 amide bonds. The van der Waals surface area contributed by atoms with Crippen LogP contribution in [0.2, 0.25) is 0 Å². The second kappa shape index (κ2) is 6.17. The van der Waals surface area contributed by atoms with Crippen molar-refractivity contribution in [2.24, 2.45) is 5.73 Å². The summed E-state index contributed by atoms with van der Waals surface area (Å²) in [5.74, 6) is 0. The van der Waals surface area contributed by atoms with Gasteiger partial charge in [0.2, 0.25) is 0 Å². The Morgan fingerprint density at radius 3 is 2.62 bits per heavy atom. The summed E-state index contributed by atoms with van der Waals surface area (Å²) in [4.78, 5) is 1.93. The van der Waals surface area contributed by atoms with Crippen LogP contribution in [-0.2, 0) is 12.6 Å². The second-order valence-electron chi connectivity index (χ2n) is 5.74. The number of rotatable bonds is 2. The molecule has 1 aliphatic rings. The molecule has 6 heteroatoms. The minimum atomic E-state index is -4.47. The lowest BCUT2D eigenvalue weighted by atomic mass is 9.91. The molecule has 2 N–H and O–H groups in total. The molecule has 3 rings (SSSR count). The normalized spacial score (nSPS) is 17.3. The van der Waals surface area contributed by atoms with Gasteiger partial charge in [0.1, 0.15) is 6.07 Å². The summed E-state index contributed by atoms with van der Waals surface area (Å²) in [5, 5.41) is 9.32. The summed E-state index contributed by atoms with van der Waals surface area (Å²) in [7, 11) is 0. The minimum Gasteiger partial charge on any atom is -0.362 e. The summed E-state index contributed by atoms with van der Waals surface area (Å²) in [5.41, 5.74) is 7.88. The molecule has 1 aliphatic heterocycles. The molecule has 0 saturated carbocycles. The summed E-state index contributed by atoms with van der Waals surface area (Å²) >= 11 is 0. The van der Waals surface area contributed by atoms with Gasteiger partial charge in [0, 0.05) is 13.1 Å². The number of nitrogens with two attached hydrogens (primary N) is 1. The molecule has 2 aromatic carbocycles. The highest BCUT2D eigenvalue weighted by Gasteiger charge is 2.33. The monoisotopic (exact) mass is 331 g/mol. The van der Waals surface area contributed by atoms with Crippen LogP contribution in [0.1, 0.15) is 28.3 Å². The second-order valence-corrected chi connectivity index (χ2v) is 5.74. The van der Waals surface area contributed by atoms with Crippen molar-refractivity contribution >= 4 is 5.69 Å². The summed E-state index contributed by atoms with van der Waals surface area (Å²) in [6.07, 6.45) is -3.70. The van der Waals surface area contributed by atoms with Gasteiger partial charge in [-0.25, -0.2) is 0 Å². The Labute approximate surface area is 138 Å². The first kappa shape index (κ1) is 16.3. The van der Waals surface area contributed by atoms with Crippen LogP contribution < -0.4 is 10.6 Å². The SMILES string of the molecule is N#Cc1cc(C(F)(F)F)ccc1N1CCc2ccccc2C1CN. The average molecular weight is 331 g/mol. The van der Waals surface area contributed by atoms with E-state index in [1.807, 2.05) is 35.2 Å². The number of hydrogen-bond acceptors (Lipinski definition) is 3. The molecule has 0 radical (unpaired) electrons. The van der Waals surface area contributed by atoms with Crippen molar-refractivity contribution in [1.29, 1.82) is 5.26 Å². The molecule has 0 fully saturated rings. The maximum atomic E-state index is 12.9. The summed E-state index contributed by atoms with van der Waals surface area (Å²) < 4.78 is 38.6. The molecule has 3 nitrogen and oxygen atoms in total. The van der Waals surface area contributed by atoms with E-state index in [2.05, 4.69) is 0 Å². The fourth-order valence-corrected chi connectivity index (χ4v) is 3.25. The molecule has 0 aromatic heterocycles. The van der Waals surface area contributed by atoms with Crippen LogP contribution in [0.5, 0.6) is 0 Å². The lowest BCUT2D eigenvalue weighted by molar-refractivity contribution is -0.137. The van der Waals surface area contributed by atoms with Crippen LogP contribution in [0.25, 0.3) is 0 Å². The van der Waals surface area contributed by atoms with Gasteiger partial charge in [-0.2, -0.15) is 18.4 Å². The van der Waals surface area contributed by atoms with E-state index < -0.39 is 11.7 Å². The van der Waals surface area contributed by atoms with Gasteiger partial charge in [0.25, 0.3) is 0 Å². The van der Waals surface area contributed by atoms with Crippen molar-refractivity contribution in [2.75, 3.05) is 18.0 Å². The Kier molecular flexibility index (Phi) is 4.20. The summed E-state index contributed by atoms with van der Waals surface area (Å²) in [6.45, 7) is 0.932. The van der Waals surface area contributed by atoms with Gasteiger partial charge in [0.15, 0.2) is 0 Å². The zero-order valence-corrected chi connectivity index (χ0v) is 12.8. The zero-order chi connectivity index (χ0) is 17.3. The standard InChI is InChI=1S/C18H16F3N3/c19-18(20,21)14-5-6-16(13(9-14)10-22)24-8-7-12-3-1-2-4-15(12)17(24)11-23/h1-6,9,17H,7-8,11,23H2. The van der Waals surface area contributed by atoms with Gasteiger partial charge in [-0.15, -0.1) is 0 Å². The number of halogens is 3. The van der Waals surface area contributed by atoms with E-state index in [9.17, 15) is 18.4 Å². The number of nitrogens with zero attached hydrogens (tertiary/aromatic N) is 2. The Hall–Kier alpha value is -2.52. The Balaban J connectivity index is 2.05. The predicted octanol–water partition coefficient (Wildman–Crippen LogP) is 3.64. The zero-order valence-electron chi connectivity index (χ0n) is 12.8. The summed E-state index contributed by atoms with van der Waals surface area (Å²) in [6, 6.07) is 12.9. The molecule has 124 valence electrons. The van der Waals surface area contributed by atoms with Gasteiger partial charge < -0.3 is 10.6 Å². The van der Waals surface area contributed by atoms with Crippen LogP contribution in [0, 0.1) is 11.3 Å². The highest BCUT2D eigenvalue weighted by molar-refractivity contribution is 5.63. The lowest BCUT2D eigenvalue weighted by Gasteiger charge is -2.39. The van der Waals surface area contributed by atoms with Crippen LogP contribution >= 0.6 is 0 Å². The van der Waals surface area contributed by atoms with Crippen molar-refractivity contribution in [3.8, 4) is 6.07 Å².